The van der Waals surface area contributed by atoms with Gasteiger partial charge in [-0.2, -0.15) is 0 Å². The zero-order valence-corrected chi connectivity index (χ0v) is 9.36. The van der Waals surface area contributed by atoms with Gasteiger partial charge in [-0.25, -0.2) is 9.97 Å². The summed E-state index contributed by atoms with van der Waals surface area (Å²) in [4.78, 5) is 19.8. The van der Waals surface area contributed by atoms with E-state index in [2.05, 4.69) is 20.6 Å². The summed E-state index contributed by atoms with van der Waals surface area (Å²) in [6.45, 7) is 3.54. The Hall–Kier alpha value is -1.65. The fourth-order valence-corrected chi connectivity index (χ4v) is 1.37. The number of hydrogen-bond donors (Lipinski definition) is 2. The Morgan fingerprint density at radius 1 is 1.44 bits per heavy atom. The zero-order valence-electron chi connectivity index (χ0n) is 9.36. The van der Waals surface area contributed by atoms with Gasteiger partial charge < -0.3 is 10.6 Å². The predicted molar refractivity (Wildman–Crippen MR) is 61.3 cm³/mol. The highest BCUT2D eigenvalue weighted by atomic mass is 16.1. The largest absolute Gasteiger partial charge is 0.369 e. The quantitative estimate of drug-likeness (QED) is 0.778. The lowest BCUT2D eigenvalue weighted by Crippen LogP contribution is -2.26. The van der Waals surface area contributed by atoms with Crippen LogP contribution >= 0.6 is 0 Å². The van der Waals surface area contributed by atoms with E-state index in [1.165, 1.54) is 19.0 Å². The highest BCUT2D eigenvalue weighted by molar-refractivity contribution is 5.92. The van der Waals surface area contributed by atoms with Crippen molar-refractivity contribution < 1.29 is 4.79 Å². The maximum Gasteiger partial charge on any atom is 0.271 e. The number of nitrogens with one attached hydrogen (secondary N) is 2. The second-order valence-electron chi connectivity index (χ2n) is 3.97. The fourth-order valence-electron chi connectivity index (χ4n) is 1.37. The van der Waals surface area contributed by atoms with E-state index in [4.69, 9.17) is 0 Å². The third kappa shape index (κ3) is 2.92. The Kier molecular flexibility index (Phi) is 3.34. The van der Waals surface area contributed by atoms with Gasteiger partial charge in [0.25, 0.3) is 5.91 Å². The van der Waals surface area contributed by atoms with Crippen LogP contribution < -0.4 is 10.6 Å². The lowest BCUT2D eigenvalue weighted by Gasteiger charge is -2.04. The molecule has 0 aliphatic heterocycles. The maximum absolute atomic E-state index is 11.6. The van der Waals surface area contributed by atoms with Crippen LogP contribution in [0.5, 0.6) is 0 Å². The topological polar surface area (TPSA) is 66.9 Å². The molecule has 1 aliphatic carbocycles. The van der Waals surface area contributed by atoms with Crippen molar-refractivity contribution in [3.05, 3.63) is 18.1 Å². The minimum atomic E-state index is -0.137. The zero-order chi connectivity index (χ0) is 11.4. The number of anilines is 1. The Morgan fingerprint density at radius 2 is 2.25 bits per heavy atom. The molecule has 1 saturated carbocycles. The van der Waals surface area contributed by atoms with Crippen LogP contribution in [0.3, 0.4) is 0 Å². The Bertz CT molecular complexity index is 359. The van der Waals surface area contributed by atoms with Gasteiger partial charge >= 0.3 is 0 Å². The van der Waals surface area contributed by atoms with E-state index in [0.29, 0.717) is 17.4 Å². The molecule has 2 N–H and O–H groups in total. The van der Waals surface area contributed by atoms with Crippen LogP contribution in [0.15, 0.2) is 12.4 Å². The van der Waals surface area contributed by atoms with E-state index in [1.54, 1.807) is 6.20 Å². The van der Waals surface area contributed by atoms with E-state index in [-0.39, 0.29) is 5.91 Å². The summed E-state index contributed by atoms with van der Waals surface area (Å²) < 4.78 is 0. The van der Waals surface area contributed by atoms with Gasteiger partial charge in [0, 0.05) is 13.1 Å². The van der Waals surface area contributed by atoms with E-state index >= 15 is 0 Å². The first-order valence-corrected chi connectivity index (χ1v) is 5.63. The molecule has 1 amide bonds. The van der Waals surface area contributed by atoms with Crippen LogP contribution in [0, 0.1) is 5.92 Å². The number of nitrogens with zero attached hydrogens (tertiary/aromatic N) is 2. The van der Waals surface area contributed by atoms with Crippen molar-refractivity contribution in [2.24, 2.45) is 5.92 Å². The Morgan fingerprint density at radius 3 is 2.81 bits per heavy atom. The number of rotatable bonds is 5. The molecule has 1 aromatic rings. The van der Waals surface area contributed by atoms with Crippen LogP contribution in [0.4, 0.5) is 5.82 Å². The molecule has 5 nitrogen and oxygen atoms in total. The van der Waals surface area contributed by atoms with E-state index in [0.717, 1.165) is 13.1 Å². The van der Waals surface area contributed by atoms with E-state index < -0.39 is 0 Å². The molecule has 1 aliphatic rings. The molecular weight excluding hydrogens is 204 g/mol. The number of hydrogen-bond acceptors (Lipinski definition) is 4. The number of aromatic nitrogens is 2. The summed E-state index contributed by atoms with van der Waals surface area (Å²) in [5.41, 5.74) is 0.377. The van der Waals surface area contributed by atoms with Crippen LogP contribution in [-0.2, 0) is 0 Å². The molecule has 2 rings (SSSR count). The molecule has 0 bridgehead atoms. The molecule has 1 fully saturated rings. The van der Waals surface area contributed by atoms with Crippen LogP contribution in [0.25, 0.3) is 0 Å². The van der Waals surface area contributed by atoms with Crippen molar-refractivity contribution in [3.63, 3.8) is 0 Å². The third-order valence-electron chi connectivity index (χ3n) is 2.49. The molecule has 16 heavy (non-hydrogen) atoms. The molecule has 0 unspecified atom stereocenters. The highest BCUT2D eigenvalue weighted by Crippen LogP contribution is 2.27. The normalized spacial score (nSPS) is 14.6. The molecule has 1 aromatic heterocycles. The van der Waals surface area contributed by atoms with Crippen molar-refractivity contribution in [1.29, 1.82) is 0 Å². The molecule has 0 atom stereocenters. The summed E-state index contributed by atoms with van der Waals surface area (Å²) in [7, 11) is 0. The van der Waals surface area contributed by atoms with Crippen LogP contribution in [0.1, 0.15) is 30.3 Å². The molecule has 0 saturated heterocycles. The van der Waals surface area contributed by atoms with Gasteiger partial charge in [-0.3, -0.25) is 4.79 Å². The number of carbonyl (C=O) groups is 1. The second kappa shape index (κ2) is 4.92. The molecule has 86 valence electrons. The second-order valence-corrected chi connectivity index (χ2v) is 3.97. The molecule has 0 aromatic carbocycles. The van der Waals surface area contributed by atoms with Gasteiger partial charge in [0.2, 0.25) is 0 Å². The van der Waals surface area contributed by atoms with E-state index in [1.807, 2.05) is 6.92 Å². The number of carbonyl (C=O) groups excluding carboxylic acids is 1. The lowest BCUT2D eigenvalue weighted by molar-refractivity contribution is 0.0946. The van der Waals surface area contributed by atoms with Gasteiger partial charge in [0.05, 0.1) is 12.4 Å². The summed E-state index contributed by atoms with van der Waals surface area (Å²) >= 11 is 0. The highest BCUT2D eigenvalue weighted by Gasteiger charge is 2.22. The van der Waals surface area contributed by atoms with Gasteiger partial charge in [0.15, 0.2) is 0 Å². The van der Waals surface area contributed by atoms with Crippen molar-refractivity contribution >= 4 is 11.7 Å². The lowest BCUT2D eigenvalue weighted by atomic mass is 10.3. The Labute approximate surface area is 94.7 Å². The van der Waals surface area contributed by atoms with E-state index in [9.17, 15) is 4.79 Å². The third-order valence-corrected chi connectivity index (χ3v) is 2.49. The SMILES string of the molecule is CCNc1cnc(C(=O)NCC2CC2)cn1. The van der Waals surface area contributed by atoms with Crippen molar-refractivity contribution in [3.8, 4) is 0 Å². The average molecular weight is 220 g/mol. The number of amides is 1. The standard InChI is InChI=1S/C11H16N4O/c1-2-12-10-7-13-9(6-14-10)11(16)15-5-8-3-4-8/h6-8H,2-5H2,1H3,(H,12,14)(H,15,16). The van der Waals surface area contributed by atoms with Crippen molar-refractivity contribution in [2.45, 2.75) is 19.8 Å². The van der Waals surface area contributed by atoms with Crippen molar-refractivity contribution in [1.82, 2.24) is 15.3 Å². The summed E-state index contributed by atoms with van der Waals surface area (Å²) in [6, 6.07) is 0. The first-order chi connectivity index (χ1) is 7.79. The Balaban J connectivity index is 1.88. The van der Waals surface area contributed by atoms with Gasteiger partial charge in [-0.1, -0.05) is 0 Å². The van der Waals surface area contributed by atoms with Gasteiger partial charge in [0.1, 0.15) is 11.5 Å². The first-order valence-electron chi connectivity index (χ1n) is 5.63. The molecular formula is C11H16N4O. The molecule has 1 heterocycles. The molecule has 5 heteroatoms. The van der Waals surface area contributed by atoms with Crippen LogP contribution in [0.2, 0.25) is 0 Å². The van der Waals surface area contributed by atoms with Crippen LogP contribution in [-0.4, -0.2) is 29.0 Å². The van der Waals surface area contributed by atoms with Gasteiger partial charge in [-0.05, 0) is 25.7 Å². The summed E-state index contributed by atoms with van der Waals surface area (Å²) in [5.74, 6) is 1.24. The molecule has 0 spiro atoms. The first kappa shape index (κ1) is 10.9. The maximum atomic E-state index is 11.6. The summed E-state index contributed by atoms with van der Waals surface area (Å²) in [6.07, 6.45) is 5.53. The monoisotopic (exact) mass is 220 g/mol. The average Bonchev–Trinajstić information content (AvgIpc) is 3.11. The minimum Gasteiger partial charge on any atom is -0.369 e. The fraction of sp³-hybridized carbons (Fsp3) is 0.545. The predicted octanol–water partition coefficient (Wildman–Crippen LogP) is 1.05. The van der Waals surface area contributed by atoms with Crippen molar-refractivity contribution in [2.75, 3.05) is 18.4 Å². The summed E-state index contributed by atoms with van der Waals surface area (Å²) in [5, 5.41) is 5.88. The minimum absolute atomic E-state index is 0.137. The smallest absolute Gasteiger partial charge is 0.271 e. The van der Waals surface area contributed by atoms with Gasteiger partial charge in [-0.15, -0.1) is 0 Å². The molecule has 0 radical (unpaired) electrons.